The number of amides is 2. The Labute approximate surface area is 190 Å². The van der Waals surface area contributed by atoms with Gasteiger partial charge in [0, 0.05) is 43.7 Å². The van der Waals surface area contributed by atoms with Crippen LogP contribution in [0.2, 0.25) is 0 Å². The molecule has 2 amide bonds. The predicted octanol–water partition coefficient (Wildman–Crippen LogP) is 2.05. The zero-order valence-corrected chi connectivity index (χ0v) is 19.4. The molecule has 32 heavy (non-hydrogen) atoms. The van der Waals surface area contributed by atoms with Crippen molar-refractivity contribution in [3.63, 3.8) is 0 Å². The maximum absolute atomic E-state index is 12.5. The molecule has 3 fully saturated rings. The highest BCUT2D eigenvalue weighted by Crippen LogP contribution is 2.36. The molecule has 8 nitrogen and oxygen atoms in total. The summed E-state index contributed by atoms with van der Waals surface area (Å²) in [6.45, 7) is 4.05. The minimum Gasteiger partial charge on any atom is -0.496 e. The molecule has 1 aromatic rings. The Morgan fingerprint density at radius 2 is 1.66 bits per heavy atom. The summed E-state index contributed by atoms with van der Waals surface area (Å²) in [6.07, 6.45) is 4.58. The van der Waals surface area contributed by atoms with Gasteiger partial charge in [-0.3, -0.25) is 14.5 Å². The highest BCUT2D eigenvalue weighted by molar-refractivity contribution is 5.89. The minimum absolute atomic E-state index is 0.0574. The molecule has 1 aliphatic carbocycles. The second-order valence-electron chi connectivity index (χ2n) is 9.22. The van der Waals surface area contributed by atoms with E-state index in [1.165, 1.54) is 0 Å². The summed E-state index contributed by atoms with van der Waals surface area (Å²) in [5.41, 5.74) is 1.07. The molecular weight excluding hydrogens is 410 g/mol. The Kier molecular flexibility index (Phi) is 7.08. The molecule has 1 N–H and O–H groups in total. The lowest BCUT2D eigenvalue weighted by Gasteiger charge is -2.34. The fraction of sp³-hybridized carbons (Fsp3) is 0.667. The number of piperidine rings is 1. The first kappa shape index (κ1) is 22.7. The number of hydrogen-bond donors (Lipinski definition) is 1. The fourth-order valence-electron chi connectivity index (χ4n) is 4.77. The van der Waals surface area contributed by atoms with Crippen molar-refractivity contribution in [1.29, 1.82) is 0 Å². The van der Waals surface area contributed by atoms with Gasteiger partial charge in [-0.05, 0) is 50.8 Å². The maximum Gasteiger partial charge on any atom is 0.225 e. The molecule has 0 spiro atoms. The zero-order chi connectivity index (χ0) is 22.7. The fourth-order valence-corrected chi connectivity index (χ4v) is 4.77. The van der Waals surface area contributed by atoms with Crippen LogP contribution in [0.3, 0.4) is 0 Å². The van der Waals surface area contributed by atoms with Gasteiger partial charge in [0.2, 0.25) is 11.8 Å². The van der Waals surface area contributed by atoms with Crippen molar-refractivity contribution in [2.45, 2.75) is 44.7 Å². The van der Waals surface area contributed by atoms with E-state index in [4.69, 9.17) is 14.2 Å². The number of hydrogen-bond acceptors (Lipinski definition) is 6. The molecule has 2 saturated heterocycles. The lowest BCUT2D eigenvalue weighted by Crippen LogP contribution is -2.39. The second kappa shape index (κ2) is 9.98. The number of ether oxygens (including phenoxy) is 3. The van der Waals surface area contributed by atoms with Crippen LogP contribution in [0, 0.1) is 11.8 Å². The van der Waals surface area contributed by atoms with Gasteiger partial charge in [-0.25, -0.2) is 0 Å². The average Bonchev–Trinajstić information content (AvgIpc) is 3.55. The third kappa shape index (κ3) is 5.28. The van der Waals surface area contributed by atoms with E-state index in [1.54, 1.807) is 21.3 Å². The van der Waals surface area contributed by atoms with E-state index < -0.39 is 0 Å². The molecule has 176 valence electrons. The van der Waals surface area contributed by atoms with Crippen LogP contribution in [0.25, 0.3) is 0 Å². The maximum atomic E-state index is 12.5. The normalized spacial score (nSPS) is 22.2. The summed E-state index contributed by atoms with van der Waals surface area (Å²) in [7, 11) is 4.93. The number of methoxy groups -OCH3 is 3. The monoisotopic (exact) mass is 445 g/mol. The van der Waals surface area contributed by atoms with Gasteiger partial charge >= 0.3 is 0 Å². The van der Waals surface area contributed by atoms with Gasteiger partial charge in [0.25, 0.3) is 0 Å². The first-order valence-corrected chi connectivity index (χ1v) is 11.6. The number of rotatable bonds is 9. The second-order valence-corrected chi connectivity index (χ2v) is 9.22. The molecule has 1 saturated carbocycles. The third-order valence-corrected chi connectivity index (χ3v) is 6.88. The van der Waals surface area contributed by atoms with Crippen molar-refractivity contribution in [3.05, 3.63) is 17.7 Å². The van der Waals surface area contributed by atoms with Gasteiger partial charge < -0.3 is 24.4 Å². The lowest BCUT2D eigenvalue weighted by molar-refractivity contribution is -0.129. The van der Waals surface area contributed by atoms with Gasteiger partial charge in [0.05, 0.1) is 27.2 Å². The molecule has 1 aromatic carbocycles. The van der Waals surface area contributed by atoms with Gasteiger partial charge in [0.15, 0.2) is 11.5 Å². The molecule has 0 aromatic heterocycles. The summed E-state index contributed by atoms with van der Waals surface area (Å²) >= 11 is 0. The van der Waals surface area contributed by atoms with E-state index in [0.717, 1.165) is 63.2 Å². The molecular formula is C24H35N3O5. The first-order chi connectivity index (χ1) is 15.5. The van der Waals surface area contributed by atoms with Crippen LogP contribution >= 0.6 is 0 Å². The SMILES string of the molecule is COc1cc(OC)c(OC)cc1CN1CCC(CN2CC(C(=O)NC3CC3)CC2=O)CC1. The van der Waals surface area contributed by atoms with Crippen molar-refractivity contribution in [1.82, 2.24) is 15.1 Å². The summed E-state index contributed by atoms with van der Waals surface area (Å²) in [6, 6.07) is 4.20. The van der Waals surface area contributed by atoms with E-state index in [1.807, 2.05) is 17.0 Å². The van der Waals surface area contributed by atoms with E-state index in [9.17, 15) is 9.59 Å². The van der Waals surface area contributed by atoms with Crippen LogP contribution in [0.4, 0.5) is 0 Å². The molecule has 0 radical (unpaired) electrons. The lowest BCUT2D eigenvalue weighted by atomic mass is 9.95. The topological polar surface area (TPSA) is 80.3 Å². The molecule has 1 atom stereocenters. The zero-order valence-electron chi connectivity index (χ0n) is 19.4. The van der Waals surface area contributed by atoms with E-state index in [-0.39, 0.29) is 17.7 Å². The van der Waals surface area contributed by atoms with E-state index in [2.05, 4.69) is 10.2 Å². The molecule has 0 bridgehead atoms. The Morgan fingerprint density at radius 3 is 2.28 bits per heavy atom. The Hall–Kier alpha value is -2.48. The first-order valence-electron chi connectivity index (χ1n) is 11.6. The van der Waals surface area contributed by atoms with Crippen LogP contribution < -0.4 is 19.5 Å². The highest BCUT2D eigenvalue weighted by Gasteiger charge is 2.37. The van der Waals surface area contributed by atoms with Crippen LogP contribution in [0.1, 0.15) is 37.7 Å². The van der Waals surface area contributed by atoms with E-state index >= 15 is 0 Å². The Balaban J connectivity index is 1.27. The van der Waals surface area contributed by atoms with E-state index in [0.29, 0.717) is 36.4 Å². The minimum atomic E-state index is -0.180. The van der Waals surface area contributed by atoms with Gasteiger partial charge in [-0.1, -0.05) is 0 Å². The smallest absolute Gasteiger partial charge is 0.225 e. The standard InChI is InChI=1S/C24H35N3O5/c1-30-20-12-22(32-3)21(31-2)10-17(20)14-26-8-6-16(7-9-26)13-27-15-18(11-23(27)28)24(29)25-19-4-5-19/h10,12,16,18-19H,4-9,11,13-15H2,1-3H3,(H,25,29). The van der Waals surface area contributed by atoms with Gasteiger partial charge in [0.1, 0.15) is 5.75 Å². The number of benzene rings is 1. The predicted molar refractivity (Wildman–Crippen MR) is 120 cm³/mol. The summed E-state index contributed by atoms with van der Waals surface area (Å²) < 4.78 is 16.4. The van der Waals surface area contributed by atoms with Crippen molar-refractivity contribution in [2.75, 3.05) is 47.5 Å². The van der Waals surface area contributed by atoms with Crippen LogP contribution in [-0.4, -0.2) is 75.2 Å². The van der Waals surface area contributed by atoms with Gasteiger partial charge in [-0.2, -0.15) is 0 Å². The molecule has 1 unspecified atom stereocenters. The largest absolute Gasteiger partial charge is 0.496 e. The summed E-state index contributed by atoms with van der Waals surface area (Å²) in [5, 5.41) is 3.04. The average molecular weight is 446 g/mol. The van der Waals surface area contributed by atoms with Gasteiger partial charge in [-0.15, -0.1) is 0 Å². The van der Waals surface area contributed by atoms with Crippen LogP contribution in [0.15, 0.2) is 12.1 Å². The molecule has 8 heteroatoms. The molecule has 2 heterocycles. The molecule has 2 aliphatic heterocycles. The summed E-state index contributed by atoms with van der Waals surface area (Å²) in [5.74, 6) is 2.63. The highest BCUT2D eigenvalue weighted by atomic mass is 16.5. The number of nitrogens with one attached hydrogen (secondary N) is 1. The number of carbonyl (C=O) groups excluding carboxylic acids is 2. The molecule has 3 aliphatic rings. The van der Waals surface area contributed by atoms with Crippen LogP contribution in [0.5, 0.6) is 17.2 Å². The Bertz CT molecular complexity index is 833. The van der Waals surface area contributed by atoms with Crippen molar-refractivity contribution in [3.8, 4) is 17.2 Å². The number of nitrogens with zero attached hydrogens (tertiary/aromatic N) is 2. The quantitative estimate of drug-likeness (QED) is 0.627. The summed E-state index contributed by atoms with van der Waals surface area (Å²) in [4.78, 5) is 29.1. The Morgan fingerprint density at radius 1 is 1.00 bits per heavy atom. The van der Waals surface area contributed by atoms with Crippen LogP contribution in [-0.2, 0) is 16.1 Å². The van der Waals surface area contributed by atoms with Crippen molar-refractivity contribution < 1.29 is 23.8 Å². The number of carbonyl (C=O) groups is 2. The van der Waals surface area contributed by atoms with Crippen molar-refractivity contribution in [2.24, 2.45) is 11.8 Å². The van der Waals surface area contributed by atoms with Crippen molar-refractivity contribution >= 4 is 11.8 Å². The third-order valence-electron chi connectivity index (χ3n) is 6.88. The molecule has 4 rings (SSSR count). The number of likely N-dealkylation sites (tertiary alicyclic amines) is 2.